The molecule has 0 aromatic rings. The minimum absolute atomic E-state index is 0.227. The normalized spacial score (nSPS) is 51.4. The predicted molar refractivity (Wildman–Crippen MR) is 127 cm³/mol. The van der Waals surface area contributed by atoms with Gasteiger partial charge in [0.15, 0.2) is 17.0 Å². The van der Waals surface area contributed by atoms with Crippen LogP contribution in [-0.2, 0) is 28.6 Å². The molecule has 8 unspecified atom stereocenters. The van der Waals surface area contributed by atoms with Gasteiger partial charge in [0.25, 0.3) is 0 Å². The van der Waals surface area contributed by atoms with Crippen LogP contribution in [0.25, 0.3) is 0 Å². The Hall–Kier alpha value is -1.85. The lowest BCUT2D eigenvalue weighted by atomic mass is 9.58. The number of fused-ring (bicyclic) bond motifs is 7. The van der Waals surface area contributed by atoms with Gasteiger partial charge in [0.2, 0.25) is 0 Å². The third-order valence-corrected chi connectivity index (χ3v) is 10.6. The average Bonchev–Trinajstić information content (AvgIpc) is 3.67. The van der Waals surface area contributed by atoms with E-state index in [0.717, 1.165) is 0 Å². The maximum atomic E-state index is 13.3. The zero-order valence-electron chi connectivity index (χ0n) is 22.3. The summed E-state index contributed by atoms with van der Waals surface area (Å²) in [4.78, 5) is 38.8. The molecular formula is C27H38O10. The first-order valence-corrected chi connectivity index (χ1v) is 13.1. The van der Waals surface area contributed by atoms with Crippen molar-refractivity contribution in [2.75, 3.05) is 6.61 Å². The molecule has 1 saturated heterocycles. The van der Waals surface area contributed by atoms with Crippen molar-refractivity contribution in [2.45, 2.75) is 95.6 Å². The van der Waals surface area contributed by atoms with E-state index in [1.165, 1.54) is 19.9 Å². The number of carbonyl (C=O) groups is 3. The second-order valence-electron chi connectivity index (χ2n) is 12.5. The molecule has 1 heterocycles. The van der Waals surface area contributed by atoms with Crippen LogP contribution in [0.1, 0.15) is 54.9 Å². The van der Waals surface area contributed by atoms with Gasteiger partial charge in [-0.05, 0) is 18.9 Å². The Morgan fingerprint density at radius 3 is 2.41 bits per heavy atom. The van der Waals surface area contributed by atoms with Crippen LogP contribution in [0.15, 0.2) is 11.6 Å². The minimum atomic E-state index is -2.24. The first-order valence-electron chi connectivity index (χ1n) is 13.1. The Balaban J connectivity index is 1.74. The molecule has 0 aromatic heterocycles. The minimum Gasteiger partial charge on any atom is -0.458 e. The van der Waals surface area contributed by atoms with E-state index in [9.17, 15) is 34.8 Å². The van der Waals surface area contributed by atoms with Crippen molar-refractivity contribution in [3.05, 3.63) is 11.6 Å². The van der Waals surface area contributed by atoms with Crippen molar-refractivity contribution in [2.24, 2.45) is 35.0 Å². The van der Waals surface area contributed by atoms with Crippen LogP contribution in [0.3, 0.4) is 0 Å². The van der Waals surface area contributed by atoms with E-state index in [1.807, 2.05) is 20.8 Å². The van der Waals surface area contributed by atoms with Crippen molar-refractivity contribution < 1.29 is 49.0 Å². The second kappa shape index (κ2) is 7.63. The molecule has 12 atom stereocenters. The topological polar surface area (TPSA) is 163 Å². The molecule has 0 aromatic carbocycles. The van der Waals surface area contributed by atoms with E-state index in [4.69, 9.17) is 14.2 Å². The van der Waals surface area contributed by atoms with Gasteiger partial charge in [-0.3, -0.25) is 14.4 Å². The summed E-state index contributed by atoms with van der Waals surface area (Å²) in [5.41, 5.74) is -7.95. The third-order valence-electron chi connectivity index (χ3n) is 10.6. The largest absolute Gasteiger partial charge is 0.458 e. The molecule has 5 aliphatic rings. The lowest BCUT2D eigenvalue weighted by Gasteiger charge is -2.54. The average molecular weight is 523 g/mol. The summed E-state index contributed by atoms with van der Waals surface area (Å²) in [5, 5.41) is 46.7. The number of epoxide rings is 1. The monoisotopic (exact) mass is 522 g/mol. The molecule has 0 amide bonds. The van der Waals surface area contributed by atoms with Gasteiger partial charge in [-0.25, -0.2) is 0 Å². The first-order chi connectivity index (χ1) is 17.0. The Labute approximate surface area is 216 Å². The first kappa shape index (κ1) is 26.7. The van der Waals surface area contributed by atoms with Crippen LogP contribution < -0.4 is 0 Å². The van der Waals surface area contributed by atoms with Gasteiger partial charge in [0.05, 0.1) is 24.2 Å². The highest BCUT2D eigenvalue weighted by Gasteiger charge is 2.92. The maximum Gasteiger partial charge on any atom is 0.309 e. The lowest BCUT2D eigenvalue weighted by Crippen LogP contribution is -2.69. The van der Waals surface area contributed by atoms with Gasteiger partial charge in [0.1, 0.15) is 17.8 Å². The molecule has 206 valence electrons. The highest BCUT2D eigenvalue weighted by molar-refractivity contribution is 6.05. The van der Waals surface area contributed by atoms with Gasteiger partial charge in [-0.2, -0.15) is 0 Å². The summed E-state index contributed by atoms with van der Waals surface area (Å²) in [6.45, 7) is 10.9. The van der Waals surface area contributed by atoms with Crippen molar-refractivity contribution in [3.63, 3.8) is 0 Å². The fourth-order valence-electron chi connectivity index (χ4n) is 8.29. The predicted octanol–water partition coefficient (Wildman–Crippen LogP) is 0.280. The van der Waals surface area contributed by atoms with Crippen molar-refractivity contribution in [1.29, 1.82) is 0 Å². The molecule has 10 heteroatoms. The maximum absolute atomic E-state index is 13.3. The second-order valence-corrected chi connectivity index (χ2v) is 12.5. The van der Waals surface area contributed by atoms with Gasteiger partial charge in [-0.1, -0.05) is 40.7 Å². The Morgan fingerprint density at radius 1 is 1.24 bits per heavy atom. The number of esters is 2. The van der Waals surface area contributed by atoms with E-state index >= 15 is 0 Å². The zero-order valence-corrected chi connectivity index (χ0v) is 22.3. The number of ketones is 1. The smallest absolute Gasteiger partial charge is 0.309 e. The van der Waals surface area contributed by atoms with Crippen LogP contribution in [0.4, 0.5) is 0 Å². The van der Waals surface area contributed by atoms with Crippen molar-refractivity contribution in [3.8, 4) is 0 Å². The van der Waals surface area contributed by atoms with E-state index in [0.29, 0.717) is 6.42 Å². The third kappa shape index (κ3) is 2.81. The number of rotatable bonds is 5. The molecule has 4 aliphatic carbocycles. The summed E-state index contributed by atoms with van der Waals surface area (Å²) in [6, 6.07) is 0. The molecule has 4 N–H and O–H groups in total. The lowest BCUT2D eigenvalue weighted by molar-refractivity contribution is -0.250. The molecule has 3 saturated carbocycles. The van der Waals surface area contributed by atoms with Crippen molar-refractivity contribution in [1.82, 2.24) is 0 Å². The number of Topliss-reactive ketones (excluding diaryl/α,β-unsaturated/α-hetero) is 1. The fourth-order valence-corrected chi connectivity index (χ4v) is 8.29. The van der Waals surface area contributed by atoms with Gasteiger partial charge >= 0.3 is 11.9 Å². The molecular weight excluding hydrogens is 484 g/mol. The van der Waals surface area contributed by atoms with Crippen LogP contribution in [0.2, 0.25) is 0 Å². The SMILES string of the molecule is CCC(C)C(=O)OC12C(OC(C)=O)[C@@H](C)C3(O)[C@@H]4C=C(C)C(=O)C4(O)C4OC4(CO)C(O)[C@H]3[C@H]1C2(C)C. The van der Waals surface area contributed by atoms with E-state index in [1.54, 1.807) is 13.8 Å². The van der Waals surface area contributed by atoms with Crippen LogP contribution in [-0.4, -0.2) is 85.5 Å². The zero-order chi connectivity index (χ0) is 27.7. The number of aliphatic hydroxyl groups excluding tert-OH is 2. The van der Waals surface area contributed by atoms with Crippen LogP contribution in [0, 0.1) is 35.0 Å². The Bertz CT molecular complexity index is 1100. The Kier molecular flexibility index (Phi) is 5.51. The quantitative estimate of drug-likeness (QED) is 0.291. The summed E-state index contributed by atoms with van der Waals surface area (Å²) in [7, 11) is 0. The highest BCUT2D eigenvalue weighted by Crippen LogP contribution is 2.79. The summed E-state index contributed by atoms with van der Waals surface area (Å²) >= 11 is 0. The number of hydrogen-bond acceptors (Lipinski definition) is 10. The van der Waals surface area contributed by atoms with Crippen LogP contribution in [0.5, 0.6) is 0 Å². The van der Waals surface area contributed by atoms with E-state index in [2.05, 4.69) is 0 Å². The van der Waals surface area contributed by atoms with E-state index in [-0.39, 0.29) is 5.57 Å². The molecule has 0 spiro atoms. The number of hydrogen-bond donors (Lipinski definition) is 4. The number of ether oxygens (including phenoxy) is 3. The van der Waals surface area contributed by atoms with Gasteiger partial charge < -0.3 is 34.6 Å². The molecule has 0 bridgehead atoms. The molecule has 0 radical (unpaired) electrons. The summed E-state index contributed by atoms with van der Waals surface area (Å²) < 4.78 is 17.8. The highest BCUT2D eigenvalue weighted by atomic mass is 16.7. The number of carbonyl (C=O) groups excluding carboxylic acids is 3. The van der Waals surface area contributed by atoms with Crippen LogP contribution >= 0.6 is 0 Å². The van der Waals surface area contributed by atoms with Gasteiger partial charge in [-0.15, -0.1) is 0 Å². The standard InChI is InChI=1S/C27H38O10/c1-8-11(2)21(32)36-27-17(23(27,6)7)16-19(31)24(10-28)22(37-24)26(34)15(9-12(3)18(26)30)25(16,33)13(4)20(27)35-14(5)29/h9,11,13,15-17,19-20,22,28,31,33-34H,8,10H2,1-7H3/t11?,13-,15+,16-,17+,19?,20?,22?,24?,25?,26?,27?/m1/s1. The van der Waals surface area contributed by atoms with Gasteiger partial charge in [0, 0.05) is 36.0 Å². The fraction of sp³-hybridized carbons (Fsp3) is 0.815. The van der Waals surface area contributed by atoms with Crippen molar-refractivity contribution >= 4 is 17.7 Å². The summed E-state index contributed by atoms with van der Waals surface area (Å²) in [5.74, 6) is -6.27. The number of aliphatic hydroxyl groups is 4. The molecule has 4 fully saturated rings. The molecule has 5 rings (SSSR count). The van der Waals surface area contributed by atoms with E-state index < -0.39 is 100 Å². The summed E-state index contributed by atoms with van der Waals surface area (Å²) in [6.07, 6.45) is -1.88. The molecule has 10 nitrogen and oxygen atoms in total. The Morgan fingerprint density at radius 2 is 1.86 bits per heavy atom. The molecule has 1 aliphatic heterocycles. The molecule has 37 heavy (non-hydrogen) atoms.